The minimum atomic E-state index is -0.0343. The molecule has 0 aromatic carbocycles. The van der Waals surface area contributed by atoms with Gasteiger partial charge in [0.15, 0.2) is 6.29 Å². The molecule has 0 radical (unpaired) electrons. The second-order valence-electron chi connectivity index (χ2n) is 6.08. The number of amides is 1. The predicted molar refractivity (Wildman–Crippen MR) is 94.1 cm³/mol. The molecule has 1 saturated heterocycles. The molecule has 1 unspecified atom stereocenters. The molecule has 1 rings (SSSR count). The van der Waals surface area contributed by atoms with Gasteiger partial charge in [0.2, 0.25) is 5.91 Å². The molecule has 1 aliphatic heterocycles. The Hall–Kier alpha value is -1.39. The molecule has 0 aliphatic carbocycles. The van der Waals surface area contributed by atoms with E-state index in [1.165, 1.54) is 12.0 Å². The Morgan fingerprint density at radius 2 is 2.13 bits per heavy atom. The molecule has 4 nitrogen and oxygen atoms in total. The van der Waals surface area contributed by atoms with Crippen molar-refractivity contribution < 1.29 is 14.3 Å². The van der Waals surface area contributed by atoms with E-state index in [1.807, 2.05) is 13.0 Å². The van der Waals surface area contributed by atoms with E-state index in [0.29, 0.717) is 13.2 Å². The first-order valence-corrected chi connectivity index (χ1v) is 8.46. The highest BCUT2D eigenvalue weighted by Crippen LogP contribution is 2.14. The summed E-state index contributed by atoms with van der Waals surface area (Å²) in [6, 6.07) is 0. The van der Waals surface area contributed by atoms with Gasteiger partial charge >= 0.3 is 0 Å². The van der Waals surface area contributed by atoms with Crippen molar-refractivity contribution in [1.29, 1.82) is 0 Å². The Bertz CT molecular complexity index is 434. The topological polar surface area (TPSA) is 38.8 Å². The highest BCUT2D eigenvalue weighted by Gasteiger charge is 2.13. The van der Waals surface area contributed by atoms with Crippen molar-refractivity contribution in [2.45, 2.75) is 52.2 Å². The maximum atomic E-state index is 12.0. The lowest BCUT2D eigenvalue weighted by molar-refractivity contribution is -0.155. The molecule has 0 spiro atoms. The average molecular weight is 321 g/mol. The van der Waals surface area contributed by atoms with Crippen LogP contribution in [0, 0.1) is 0 Å². The fourth-order valence-electron chi connectivity index (χ4n) is 2.42. The smallest absolute Gasteiger partial charge is 0.249 e. The molecule has 1 amide bonds. The van der Waals surface area contributed by atoms with Gasteiger partial charge in [-0.1, -0.05) is 23.8 Å². The minimum absolute atomic E-state index is 0.0343. The maximum absolute atomic E-state index is 12.0. The lowest BCUT2D eigenvalue weighted by atomic mass is 10.1. The highest BCUT2D eigenvalue weighted by atomic mass is 16.7. The molecule has 1 aliphatic rings. The minimum Gasteiger partial charge on any atom is -0.353 e. The van der Waals surface area contributed by atoms with Gasteiger partial charge in [0.25, 0.3) is 0 Å². The standard InChI is InChI=1S/C19H31NO3/c1-5-13-20(4)19(21)17(3)10-8-9-16(2)12-15-23-18-11-6-7-14-22-18/h5,10,12,18H,1,6-9,11,13-15H2,2-4H3/b16-12+,17-10+. The van der Waals surface area contributed by atoms with Crippen LogP contribution in [-0.4, -0.2) is 43.9 Å². The molecular weight excluding hydrogens is 290 g/mol. The molecule has 0 aromatic rings. The van der Waals surface area contributed by atoms with Crippen LogP contribution in [0.2, 0.25) is 0 Å². The average Bonchev–Trinajstić information content (AvgIpc) is 2.55. The largest absolute Gasteiger partial charge is 0.353 e. The first-order valence-electron chi connectivity index (χ1n) is 8.46. The van der Waals surface area contributed by atoms with Gasteiger partial charge in [-0.2, -0.15) is 0 Å². The van der Waals surface area contributed by atoms with E-state index in [4.69, 9.17) is 9.47 Å². The quantitative estimate of drug-likeness (QED) is 0.478. The summed E-state index contributed by atoms with van der Waals surface area (Å²) >= 11 is 0. The van der Waals surface area contributed by atoms with Crippen molar-refractivity contribution in [3.63, 3.8) is 0 Å². The number of rotatable bonds is 9. The van der Waals surface area contributed by atoms with Crippen molar-refractivity contribution in [2.24, 2.45) is 0 Å². The summed E-state index contributed by atoms with van der Waals surface area (Å²) in [7, 11) is 1.79. The SMILES string of the molecule is C=CCN(C)C(=O)/C(C)=C/CC/C(C)=C/COC1CCCCO1. The van der Waals surface area contributed by atoms with Crippen LogP contribution >= 0.6 is 0 Å². The van der Waals surface area contributed by atoms with Crippen molar-refractivity contribution >= 4 is 5.91 Å². The van der Waals surface area contributed by atoms with Crippen LogP contribution in [0.25, 0.3) is 0 Å². The number of hydrogen-bond acceptors (Lipinski definition) is 3. The number of nitrogens with zero attached hydrogens (tertiary/aromatic N) is 1. The van der Waals surface area contributed by atoms with Crippen LogP contribution in [0.1, 0.15) is 46.0 Å². The number of likely N-dealkylation sites (N-methyl/N-ethyl adjacent to an activating group) is 1. The predicted octanol–water partition coefficient (Wildman–Crippen LogP) is 3.85. The van der Waals surface area contributed by atoms with Crippen LogP contribution in [0.15, 0.2) is 36.0 Å². The van der Waals surface area contributed by atoms with Crippen LogP contribution < -0.4 is 0 Å². The lowest BCUT2D eigenvalue weighted by Crippen LogP contribution is -2.27. The summed E-state index contributed by atoms with van der Waals surface area (Å²) < 4.78 is 11.2. The third-order valence-electron chi connectivity index (χ3n) is 3.93. The fraction of sp³-hybridized carbons (Fsp3) is 0.632. The Labute approximate surface area is 140 Å². The third kappa shape index (κ3) is 8.14. The Balaban J connectivity index is 2.26. The van der Waals surface area contributed by atoms with E-state index < -0.39 is 0 Å². The van der Waals surface area contributed by atoms with E-state index in [-0.39, 0.29) is 12.2 Å². The number of carbonyl (C=O) groups excluding carboxylic acids is 1. The number of carbonyl (C=O) groups is 1. The van der Waals surface area contributed by atoms with Crippen molar-refractivity contribution in [1.82, 2.24) is 4.90 Å². The first kappa shape index (κ1) is 19.7. The van der Waals surface area contributed by atoms with Gasteiger partial charge in [0, 0.05) is 25.8 Å². The van der Waals surface area contributed by atoms with Crippen LogP contribution in [-0.2, 0) is 14.3 Å². The number of hydrogen-bond donors (Lipinski definition) is 0. The normalized spacial score (nSPS) is 19.5. The van der Waals surface area contributed by atoms with Crippen LogP contribution in [0.5, 0.6) is 0 Å². The van der Waals surface area contributed by atoms with Gasteiger partial charge < -0.3 is 14.4 Å². The molecule has 0 aromatic heterocycles. The summed E-state index contributed by atoms with van der Waals surface area (Å²) in [5.74, 6) is 0.0595. The second-order valence-corrected chi connectivity index (χ2v) is 6.08. The summed E-state index contributed by atoms with van der Waals surface area (Å²) in [5, 5.41) is 0. The molecule has 1 fully saturated rings. The maximum Gasteiger partial charge on any atom is 0.249 e. The van der Waals surface area contributed by atoms with E-state index in [1.54, 1.807) is 18.0 Å². The highest BCUT2D eigenvalue weighted by molar-refractivity contribution is 5.92. The molecule has 0 N–H and O–H groups in total. The first-order chi connectivity index (χ1) is 11.0. The van der Waals surface area contributed by atoms with Crippen molar-refractivity contribution in [3.8, 4) is 0 Å². The van der Waals surface area contributed by atoms with E-state index in [2.05, 4.69) is 19.6 Å². The van der Waals surface area contributed by atoms with Gasteiger partial charge in [-0.25, -0.2) is 0 Å². The Kier molecular flexibility index (Phi) is 9.57. The zero-order valence-corrected chi connectivity index (χ0v) is 14.8. The summed E-state index contributed by atoms with van der Waals surface area (Å²) in [5.41, 5.74) is 2.06. The molecule has 1 atom stereocenters. The van der Waals surface area contributed by atoms with Gasteiger partial charge in [-0.05, 0) is 46.0 Å². The van der Waals surface area contributed by atoms with Crippen molar-refractivity contribution in [3.05, 3.63) is 36.0 Å². The molecule has 23 heavy (non-hydrogen) atoms. The van der Waals surface area contributed by atoms with E-state index in [0.717, 1.165) is 37.9 Å². The Morgan fingerprint density at radius 3 is 2.78 bits per heavy atom. The zero-order valence-electron chi connectivity index (χ0n) is 14.8. The fourth-order valence-corrected chi connectivity index (χ4v) is 2.42. The third-order valence-corrected chi connectivity index (χ3v) is 3.93. The van der Waals surface area contributed by atoms with Gasteiger partial charge in [0.1, 0.15) is 0 Å². The second kappa shape index (κ2) is 11.2. The molecule has 4 heteroatoms. The van der Waals surface area contributed by atoms with Crippen LogP contribution in [0.3, 0.4) is 0 Å². The van der Waals surface area contributed by atoms with Gasteiger partial charge in [0.05, 0.1) is 6.61 Å². The summed E-state index contributed by atoms with van der Waals surface area (Å²) in [6.45, 7) is 9.59. The van der Waals surface area contributed by atoms with Gasteiger partial charge in [-0.3, -0.25) is 4.79 Å². The van der Waals surface area contributed by atoms with Gasteiger partial charge in [-0.15, -0.1) is 6.58 Å². The number of allylic oxidation sites excluding steroid dienone is 2. The number of ether oxygens (including phenoxy) is 2. The summed E-state index contributed by atoms with van der Waals surface area (Å²) in [4.78, 5) is 13.7. The molecule has 1 heterocycles. The summed E-state index contributed by atoms with van der Waals surface area (Å²) in [6.07, 6.45) is 10.9. The zero-order chi connectivity index (χ0) is 17.1. The molecule has 130 valence electrons. The lowest BCUT2D eigenvalue weighted by Gasteiger charge is -2.22. The van der Waals surface area contributed by atoms with Crippen LogP contribution in [0.4, 0.5) is 0 Å². The van der Waals surface area contributed by atoms with E-state index in [9.17, 15) is 4.79 Å². The monoisotopic (exact) mass is 321 g/mol. The Morgan fingerprint density at radius 1 is 1.35 bits per heavy atom. The molecule has 0 bridgehead atoms. The van der Waals surface area contributed by atoms with E-state index >= 15 is 0 Å². The molecule has 0 saturated carbocycles. The molecular formula is C19H31NO3. The van der Waals surface area contributed by atoms with Crippen molar-refractivity contribution in [2.75, 3.05) is 26.8 Å².